The third kappa shape index (κ3) is 4.05. The van der Waals surface area contributed by atoms with Gasteiger partial charge in [-0.05, 0) is 23.6 Å². The molecule has 0 fully saturated rings. The Morgan fingerprint density at radius 2 is 2.12 bits per heavy atom. The fraction of sp³-hybridized carbons (Fsp3) is 0.412. The Bertz CT molecular complexity index is 700. The lowest BCUT2D eigenvalue weighted by Crippen LogP contribution is -2.19. The summed E-state index contributed by atoms with van der Waals surface area (Å²) in [5.41, 5.74) is 1.08. The number of aromatic carboxylic acids is 1. The lowest BCUT2D eigenvalue weighted by Gasteiger charge is -2.20. The summed E-state index contributed by atoms with van der Waals surface area (Å²) in [4.78, 5) is 24.5. The van der Waals surface area contributed by atoms with Crippen molar-refractivity contribution in [3.8, 4) is 0 Å². The van der Waals surface area contributed by atoms with E-state index in [0.717, 1.165) is 0 Å². The lowest BCUT2D eigenvalue weighted by atomic mass is 9.99. The van der Waals surface area contributed by atoms with Gasteiger partial charge in [-0.3, -0.25) is 4.79 Å². The molecule has 1 aromatic carbocycles. The van der Waals surface area contributed by atoms with Gasteiger partial charge in [0.2, 0.25) is 0 Å². The summed E-state index contributed by atoms with van der Waals surface area (Å²) >= 11 is 7.62. The average Bonchev–Trinajstić information content (AvgIpc) is 2.55. The molecule has 2 N–H and O–H groups in total. The van der Waals surface area contributed by atoms with Crippen LogP contribution in [0.4, 0.5) is 5.69 Å². The number of anilines is 1. The largest absolute Gasteiger partial charge is 0.496 e. The zero-order valence-corrected chi connectivity index (χ0v) is 15.4. The fourth-order valence-corrected chi connectivity index (χ4v) is 3.72. The van der Waals surface area contributed by atoms with Crippen molar-refractivity contribution in [1.82, 2.24) is 0 Å². The van der Waals surface area contributed by atoms with E-state index in [0.29, 0.717) is 40.7 Å². The van der Waals surface area contributed by atoms with Crippen molar-refractivity contribution < 1.29 is 19.4 Å². The molecule has 0 aliphatic carbocycles. The summed E-state index contributed by atoms with van der Waals surface area (Å²) in [5.74, 6) is 0.00193. The van der Waals surface area contributed by atoms with E-state index in [4.69, 9.17) is 16.3 Å². The van der Waals surface area contributed by atoms with Gasteiger partial charge in [0.05, 0.1) is 17.2 Å². The number of halogens is 1. The summed E-state index contributed by atoms with van der Waals surface area (Å²) in [5, 5.41) is 12.3. The van der Waals surface area contributed by atoms with Crippen molar-refractivity contribution in [2.45, 2.75) is 33.1 Å². The molecule has 0 aromatic heterocycles. The number of thioether (sulfide) groups is 1. The van der Waals surface area contributed by atoms with E-state index in [1.54, 1.807) is 6.07 Å². The number of rotatable bonds is 5. The molecule has 0 radical (unpaired) electrons. The maximum atomic E-state index is 12.5. The molecule has 0 saturated heterocycles. The Hall–Kier alpha value is -1.66. The number of carbonyl (C=O) groups is 2. The van der Waals surface area contributed by atoms with Crippen LogP contribution in [0.5, 0.6) is 0 Å². The van der Waals surface area contributed by atoms with Gasteiger partial charge in [0.15, 0.2) is 0 Å². The van der Waals surface area contributed by atoms with Crippen molar-refractivity contribution in [3.05, 3.63) is 38.9 Å². The molecule has 1 amide bonds. The number of hydrogen-bond acceptors (Lipinski definition) is 4. The van der Waals surface area contributed by atoms with Gasteiger partial charge in [-0.25, -0.2) is 4.79 Å². The molecule has 130 valence electrons. The Balaban J connectivity index is 2.37. The second-order valence-electron chi connectivity index (χ2n) is 5.64. The topological polar surface area (TPSA) is 75.6 Å². The van der Waals surface area contributed by atoms with Gasteiger partial charge in [0, 0.05) is 17.9 Å². The van der Waals surface area contributed by atoms with E-state index in [-0.39, 0.29) is 22.4 Å². The number of carbonyl (C=O) groups excluding carboxylic acids is 1. The molecule has 0 saturated carbocycles. The number of hydrogen-bond donors (Lipinski definition) is 2. The predicted molar refractivity (Wildman–Crippen MR) is 96.9 cm³/mol. The van der Waals surface area contributed by atoms with Crippen LogP contribution in [-0.4, -0.2) is 29.3 Å². The standard InChI is InChI=1S/C17H20ClNO4S/c1-4-13-15(24-6-5-23-13)16(20)19-10-7-11(9(2)3)14(18)12(8-10)17(21)22/h7-9H,4-6H2,1-3H3,(H,19,20)(H,21,22). The number of carboxylic acid groups (broad SMARTS) is 1. The van der Waals surface area contributed by atoms with Gasteiger partial charge < -0.3 is 15.2 Å². The summed E-state index contributed by atoms with van der Waals surface area (Å²) in [7, 11) is 0. The Morgan fingerprint density at radius 1 is 1.42 bits per heavy atom. The van der Waals surface area contributed by atoms with Gasteiger partial charge >= 0.3 is 5.97 Å². The molecule has 0 atom stereocenters. The maximum absolute atomic E-state index is 12.5. The van der Waals surface area contributed by atoms with Crippen LogP contribution < -0.4 is 5.32 Å². The zero-order chi connectivity index (χ0) is 17.9. The van der Waals surface area contributed by atoms with Crippen LogP contribution in [0.3, 0.4) is 0 Å². The molecule has 1 aliphatic rings. The smallest absolute Gasteiger partial charge is 0.337 e. The molecule has 0 unspecified atom stereocenters. The van der Waals surface area contributed by atoms with E-state index < -0.39 is 5.97 Å². The van der Waals surface area contributed by atoms with Crippen LogP contribution in [0.25, 0.3) is 0 Å². The normalized spacial score (nSPS) is 14.5. The van der Waals surface area contributed by atoms with E-state index in [2.05, 4.69) is 5.32 Å². The van der Waals surface area contributed by atoms with E-state index in [1.807, 2.05) is 20.8 Å². The van der Waals surface area contributed by atoms with Crippen LogP contribution in [0.1, 0.15) is 49.0 Å². The predicted octanol–water partition coefficient (Wildman–Crippen LogP) is 4.49. The van der Waals surface area contributed by atoms with Crippen molar-refractivity contribution in [3.63, 3.8) is 0 Å². The molecule has 0 spiro atoms. The minimum absolute atomic E-state index is 0.0181. The number of amides is 1. The number of nitrogens with one attached hydrogen (secondary N) is 1. The number of allylic oxidation sites excluding steroid dienone is 1. The third-order valence-corrected chi connectivity index (χ3v) is 5.09. The fourth-order valence-electron chi connectivity index (χ4n) is 2.39. The molecule has 24 heavy (non-hydrogen) atoms. The first-order valence-electron chi connectivity index (χ1n) is 7.72. The second kappa shape index (κ2) is 7.94. The Kier molecular flexibility index (Phi) is 6.18. The quantitative estimate of drug-likeness (QED) is 0.800. The highest BCUT2D eigenvalue weighted by atomic mass is 35.5. The summed E-state index contributed by atoms with van der Waals surface area (Å²) in [6.45, 7) is 6.35. The minimum atomic E-state index is -1.12. The molecule has 2 rings (SSSR count). The van der Waals surface area contributed by atoms with Crippen LogP contribution in [0.2, 0.25) is 5.02 Å². The molecular weight excluding hydrogens is 350 g/mol. The Morgan fingerprint density at radius 3 is 2.71 bits per heavy atom. The number of ether oxygens (including phenoxy) is 1. The maximum Gasteiger partial charge on any atom is 0.337 e. The van der Waals surface area contributed by atoms with Crippen LogP contribution in [0, 0.1) is 0 Å². The van der Waals surface area contributed by atoms with Gasteiger partial charge in [-0.2, -0.15) is 0 Å². The molecule has 0 bridgehead atoms. The molecule has 5 nitrogen and oxygen atoms in total. The summed E-state index contributed by atoms with van der Waals surface area (Å²) in [6.07, 6.45) is 0.633. The molecular formula is C17H20ClNO4S. The van der Waals surface area contributed by atoms with Crippen molar-refractivity contribution in [2.24, 2.45) is 0 Å². The monoisotopic (exact) mass is 369 g/mol. The molecule has 1 aliphatic heterocycles. The first-order valence-corrected chi connectivity index (χ1v) is 9.08. The molecule has 1 heterocycles. The zero-order valence-electron chi connectivity index (χ0n) is 13.8. The molecule has 1 aromatic rings. The second-order valence-corrected chi connectivity index (χ2v) is 7.13. The number of benzene rings is 1. The van der Waals surface area contributed by atoms with Gasteiger partial charge in [-0.1, -0.05) is 32.4 Å². The van der Waals surface area contributed by atoms with Crippen LogP contribution in [-0.2, 0) is 9.53 Å². The summed E-state index contributed by atoms with van der Waals surface area (Å²) < 4.78 is 5.52. The van der Waals surface area contributed by atoms with Gasteiger partial charge in [0.25, 0.3) is 5.91 Å². The van der Waals surface area contributed by atoms with E-state index in [1.165, 1.54) is 17.8 Å². The van der Waals surface area contributed by atoms with Gasteiger partial charge in [-0.15, -0.1) is 11.8 Å². The van der Waals surface area contributed by atoms with Crippen molar-refractivity contribution in [1.29, 1.82) is 0 Å². The lowest BCUT2D eigenvalue weighted by molar-refractivity contribution is -0.112. The van der Waals surface area contributed by atoms with Crippen LogP contribution in [0.15, 0.2) is 22.8 Å². The van der Waals surface area contributed by atoms with Crippen molar-refractivity contribution in [2.75, 3.05) is 17.7 Å². The minimum Gasteiger partial charge on any atom is -0.496 e. The Labute approximate surface area is 150 Å². The SMILES string of the molecule is CCC1=C(C(=O)Nc2cc(C(=O)O)c(Cl)c(C(C)C)c2)SCCO1. The van der Waals surface area contributed by atoms with Crippen LogP contribution >= 0.6 is 23.4 Å². The van der Waals surface area contributed by atoms with E-state index in [9.17, 15) is 14.7 Å². The third-order valence-electron chi connectivity index (χ3n) is 3.60. The first-order chi connectivity index (χ1) is 11.3. The van der Waals surface area contributed by atoms with Gasteiger partial charge in [0.1, 0.15) is 10.7 Å². The molecule has 7 heteroatoms. The average molecular weight is 370 g/mol. The van der Waals surface area contributed by atoms with E-state index >= 15 is 0 Å². The number of carboxylic acids is 1. The highest BCUT2D eigenvalue weighted by molar-refractivity contribution is 8.04. The van der Waals surface area contributed by atoms with Crippen molar-refractivity contribution >= 4 is 40.9 Å². The highest BCUT2D eigenvalue weighted by Crippen LogP contribution is 2.33. The first kappa shape index (κ1) is 18.7. The summed E-state index contributed by atoms with van der Waals surface area (Å²) in [6, 6.07) is 3.10. The highest BCUT2D eigenvalue weighted by Gasteiger charge is 2.22.